The van der Waals surface area contributed by atoms with Crippen molar-refractivity contribution in [2.24, 2.45) is 0 Å². The van der Waals surface area contributed by atoms with Crippen molar-refractivity contribution in [3.8, 4) is 5.75 Å². The van der Waals surface area contributed by atoms with E-state index in [1.165, 1.54) is 7.11 Å². The van der Waals surface area contributed by atoms with Crippen molar-refractivity contribution in [3.63, 3.8) is 0 Å². The van der Waals surface area contributed by atoms with Crippen molar-refractivity contribution in [1.29, 1.82) is 0 Å². The molecule has 0 aliphatic heterocycles. The van der Waals surface area contributed by atoms with Crippen LogP contribution in [0.3, 0.4) is 0 Å². The Morgan fingerprint density at radius 2 is 2.22 bits per heavy atom. The van der Waals surface area contributed by atoms with Crippen LogP contribution in [0.2, 0.25) is 5.02 Å². The van der Waals surface area contributed by atoms with Gasteiger partial charge in [-0.2, -0.15) is 0 Å². The number of ether oxygens (including phenoxy) is 1. The Kier molecular flexibility index (Phi) is 3.47. The molecule has 0 unspecified atom stereocenters. The molecule has 0 fully saturated rings. The second-order valence-electron chi connectivity index (χ2n) is 3.50. The third kappa shape index (κ3) is 2.43. The zero-order valence-corrected chi connectivity index (χ0v) is 10.5. The van der Waals surface area contributed by atoms with Crippen LogP contribution in [-0.2, 0) is 0 Å². The van der Waals surface area contributed by atoms with E-state index in [0.29, 0.717) is 22.2 Å². The topological polar surface area (TPSA) is 77.2 Å². The zero-order valence-electron chi connectivity index (χ0n) is 9.73. The number of nitrogens with zero attached hydrogens (tertiary/aromatic N) is 2. The van der Waals surface area contributed by atoms with Crippen molar-refractivity contribution >= 4 is 23.2 Å². The number of hydrogen-bond acceptors (Lipinski definition) is 5. The number of methoxy groups -OCH3 is 1. The van der Waals surface area contributed by atoms with E-state index in [4.69, 9.17) is 16.3 Å². The SMILES string of the molecule is COc1ccc(Cl)cc1NC(=O)c1nonc1C. The molecule has 1 heterocycles. The van der Waals surface area contributed by atoms with Gasteiger partial charge in [0, 0.05) is 5.02 Å². The summed E-state index contributed by atoms with van der Waals surface area (Å²) in [7, 11) is 1.50. The molecule has 1 aromatic carbocycles. The Hall–Kier alpha value is -2.08. The van der Waals surface area contributed by atoms with Crippen LogP contribution in [0.15, 0.2) is 22.8 Å². The molecule has 1 N–H and O–H groups in total. The molecule has 1 amide bonds. The molecule has 0 bridgehead atoms. The van der Waals surface area contributed by atoms with E-state index in [0.717, 1.165) is 0 Å². The first kappa shape index (κ1) is 12.4. The monoisotopic (exact) mass is 267 g/mol. The summed E-state index contributed by atoms with van der Waals surface area (Å²) in [4.78, 5) is 11.9. The van der Waals surface area contributed by atoms with E-state index in [1.807, 2.05) is 0 Å². The van der Waals surface area contributed by atoms with Gasteiger partial charge in [0.25, 0.3) is 5.91 Å². The van der Waals surface area contributed by atoms with Crippen LogP contribution in [0.25, 0.3) is 0 Å². The number of aryl methyl sites for hydroxylation is 1. The summed E-state index contributed by atoms with van der Waals surface area (Å²) in [5.41, 5.74) is 0.989. The second kappa shape index (κ2) is 5.05. The highest BCUT2D eigenvalue weighted by atomic mass is 35.5. The quantitative estimate of drug-likeness (QED) is 0.923. The molecule has 0 saturated carbocycles. The average Bonchev–Trinajstić information content (AvgIpc) is 2.76. The maximum Gasteiger partial charge on any atom is 0.279 e. The van der Waals surface area contributed by atoms with Gasteiger partial charge in [0.1, 0.15) is 11.4 Å². The lowest BCUT2D eigenvalue weighted by atomic mass is 10.2. The molecule has 18 heavy (non-hydrogen) atoms. The first-order valence-corrected chi connectivity index (χ1v) is 5.43. The molecule has 2 rings (SSSR count). The van der Waals surface area contributed by atoms with Gasteiger partial charge >= 0.3 is 0 Å². The smallest absolute Gasteiger partial charge is 0.279 e. The van der Waals surface area contributed by atoms with Gasteiger partial charge < -0.3 is 10.1 Å². The average molecular weight is 268 g/mol. The molecule has 2 aromatic rings. The third-order valence-electron chi connectivity index (χ3n) is 2.28. The van der Waals surface area contributed by atoms with Gasteiger partial charge in [-0.3, -0.25) is 4.79 Å². The predicted molar refractivity (Wildman–Crippen MR) is 65.0 cm³/mol. The summed E-state index contributed by atoms with van der Waals surface area (Å²) in [5.74, 6) is 0.0659. The van der Waals surface area contributed by atoms with Crippen LogP contribution in [0.4, 0.5) is 5.69 Å². The van der Waals surface area contributed by atoms with Crippen LogP contribution in [0, 0.1) is 6.92 Å². The third-order valence-corrected chi connectivity index (χ3v) is 2.51. The van der Waals surface area contributed by atoms with Gasteiger partial charge in [0.2, 0.25) is 0 Å². The highest BCUT2D eigenvalue weighted by Gasteiger charge is 2.16. The number of nitrogens with one attached hydrogen (secondary N) is 1. The number of carbonyl (C=O) groups is 1. The minimum absolute atomic E-state index is 0.122. The van der Waals surface area contributed by atoms with Crippen LogP contribution in [0.5, 0.6) is 5.75 Å². The Morgan fingerprint density at radius 3 is 2.83 bits per heavy atom. The number of benzene rings is 1. The maximum absolute atomic E-state index is 11.9. The fourth-order valence-electron chi connectivity index (χ4n) is 1.40. The minimum atomic E-state index is -0.436. The molecule has 0 aliphatic carbocycles. The van der Waals surface area contributed by atoms with Crippen molar-refractivity contribution in [3.05, 3.63) is 34.6 Å². The first-order chi connectivity index (χ1) is 8.61. The highest BCUT2D eigenvalue weighted by molar-refractivity contribution is 6.31. The number of halogens is 1. The lowest BCUT2D eigenvalue weighted by molar-refractivity contribution is 0.101. The highest BCUT2D eigenvalue weighted by Crippen LogP contribution is 2.28. The summed E-state index contributed by atoms with van der Waals surface area (Å²) < 4.78 is 9.58. The van der Waals surface area contributed by atoms with E-state index >= 15 is 0 Å². The standard InChI is InChI=1S/C11H10ClN3O3/c1-6-10(15-18-14-6)11(16)13-8-5-7(12)3-4-9(8)17-2/h3-5H,1-2H3,(H,13,16). The molecular formula is C11H10ClN3O3. The molecule has 1 aromatic heterocycles. The van der Waals surface area contributed by atoms with Gasteiger partial charge in [-0.25, -0.2) is 4.63 Å². The van der Waals surface area contributed by atoms with Crippen molar-refractivity contribution < 1.29 is 14.2 Å². The lowest BCUT2D eigenvalue weighted by Crippen LogP contribution is -2.14. The van der Waals surface area contributed by atoms with E-state index in [9.17, 15) is 4.79 Å². The molecule has 7 heteroatoms. The van der Waals surface area contributed by atoms with Crippen molar-refractivity contribution in [2.75, 3.05) is 12.4 Å². The normalized spacial score (nSPS) is 10.2. The van der Waals surface area contributed by atoms with Gasteiger partial charge in [0.05, 0.1) is 12.8 Å². The number of amides is 1. The van der Waals surface area contributed by atoms with Crippen molar-refractivity contribution in [2.45, 2.75) is 6.92 Å². The van der Waals surface area contributed by atoms with Crippen molar-refractivity contribution in [1.82, 2.24) is 10.3 Å². The van der Waals surface area contributed by atoms with Gasteiger partial charge in [-0.1, -0.05) is 16.8 Å². The molecule has 0 saturated heterocycles. The summed E-state index contributed by atoms with van der Waals surface area (Å²) in [5, 5.41) is 10.2. The van der Waals surface area contributed by atoms with Gasteiger partial charge in [-0.05, 0) is 30.3 Å². The molecule has 0 spiro atoms. The van der Waals surface area contributed by atoms with E-state index in [-0.39, 0.29) is 5.69 Å². The zero-order chi connectivity index (χ0) is 13.1. The summed E-state index contributed by atoms with van der Waals surface area (Å²) in [6, 6.07) is 4.91. The summed E-state index contributed by atoms with van der Waals surface area (Å²) in [6.45, 7) is 1.63. The molecule has 0 atom stereocenters. The summed E-state index contributed by atoms with van der Waals surface area (Å²) >= 11 is 5.86. The predicted octanol–water partition coefficient (Wildman–Crippen LogP) is 2.29. The Bertz CT molecular complexity index is 583. The van der Waals surface area contributed by atoms with Gasteiger partial charge in [-0.15, -0.1) is 0 Å². The number of anilines is 1. The fourth-order valence-corrected chi connectivity index (χ4v) is 1.57. The Labute approximate surface area is 108 Å². The summed E-state index contributed by atoms with van der Waals surface area (Å²) in [6.07, 6.45) is 0. The second-order valence-corrected chi connectivity index (χ2v) is 3.93. The van der Waals surface area contributed by atoms with E-state index in [1.54, 1.807) is 25.1 Å². The van der Waals surface area contributed by atoms with Gasteiger partial charge in [0.15, 0.2) is 5.69 Å². The molecule has 94 valence electrons. The molecular weight excluding hydrogens is 258 g/mol. The number of rotatable bonds is 3. The number of hydrogen-bond donors (Lipinski definition) is 1. The van der Waals surface area contributed by atoms with Crippen LogP contribution in [0.1, 0.15) is 16.2 Å². The largest absolute Gasteiger partial charge is 0.495 e. The van der Waals surface area contributed by atoms with E-state index < -0.39 is 5.91 Å². The fraction of sp³-hybridized carbons (Fsp3) is 0.182. The maximum atomic E-state index is 11.9. The molecule has 0 radical (unpaired) electrons. The number of aromatic nitrogens is 2. The first-order valence-electron chi connectivity index (χ1n) is 5.06. The van der Waals surface area contributed by atoms with E-state index in [2.05, 4.69) is 20.3 Å². The molecule has 6 nitrogen and oxygen atoms in total. The van der Waals surface area contributed by atoms with Crippen LogP contribution >= 0.6 is 11.6 Å². The van der Waals surface area contributed by atoms with Crippen LogP contribution in [-0.4, -0.2) is 23.3 Å². The minimum Gasteiger partial charge on any atom is -0.495 e. The Morgan fingerprint density at radius 1 is 1.44 bits per heavy atom. The number of carbonyl (C=O) groups excluding carboxylic acids is 1. The Balaban J connectivity index is 2.27. The molecule has 0 aliphatic rings. The van der Waals surface area contributed by atoms with Crippen LogP contribution < -0.4 is 10.1 Å². The lowest BCUT2D eigenvalue weighted by Gasteiger charge is -2.09.